The molecule has 21 heavy (non-hydrogen) atoms. The number of hydrogen-bond donors (Lipinski definition) is 2. The van der Waals surface area contributed by atoms with Crippen LogP contribution in [0.25, 0.3) is 0 Å². The lowest BCUT2D eigenvalue weighted by Crippen LogP contribution is -2.37. The predicted molar refractivity (Wildman–Crippen MR) is 84.1 cm³/mol. The summed E-state index contributed by atoms with van der Waals surface area (Å²) in [6.45, 7) is 2.62. The molecule has 1 unspecified atom stereocenters. The molecule has 1 atom stereocenters. The van der Waals surface area contributed by atoms with Gasteiger partial charge in [-0.05, 0) is 42.0 Å². The van der Waals surface area contributed by atoms with E-state index in [0.29, 0.717) is 6.54 Å². The van der Waals surface area contributed by atoms with Crippen LogP contribution in [0.15, 0.2) is 48.5 Å². The average Bonchev–Trinajstić information content (AvgIpc) is 2.90. The maximum Gasteiger partial charge on any atom is 0.315 e. The van der Waals surface area contributed by atoms with Gasteiger partial charge in [-0.15, -0.1) is 0 Å². The van der Waals surface area contributed by atoms with Crippen LogP contribution in [0.1, 0.15) is 34.7 Å². The normalized spacial score (nSPS) is 16.3. The van der Waals surface area contributed by atoms with E-state index < -0.39 is 0 Å². The van der Waals surface area contributed by atoms with Crippen molar-refractivity contribution in [2.24, 2.45) is 0 Å². The van der Waals surface area contributed by atoms with Gasteiger partial charge in [0.1, 0.15) is 0 Å². The first-order chi connectivity index (χ1) is 10.2. The van der Waals surface area contributed by atoms with Gasteiger partial charge in [0.15, 0.2) is 0 Å². The Balaban J connectivity index is 1.57. The first-order valence-corrected chi connectivity index (χ1v) is 7.41. The van der Waals surface area contributed by atoms with Crippen LogP contribution in [0.3, 0.4) is 0 Å². The van der Waals surface area contributed by atoms with Gasteiger partial charge in [-0.25, -0.2) is 4.79 Å². The van der Waals surface area contributed by atoms with Gasteiger partial charge in [-0.1, -0.05) is 48.5 Å². The van der Waals surface area contributed by atoms with Gasteiger partial charge in [-0.2, -0.15) is 0 Å². The first-order valence-electron chi connectivity index (χ1n) is 7.41. The van der Waals surface area contributed by atoms with Crippen molar-refractivity contribution in [3.05, 3.63) is 70.8 Å². The van der Waals surface area contributed by atoms with Gasteiger partial charge >= 0.3 is 6.03 Å². The molecule has 3 rings (SSSR count). The van der Waals surface area contributed by atoms with Crippen molar-refractivity contribution in [3.63, 3.8) is 0 Å². The lowest BCUT2D eigenvalue weighted by molar-refractivity contribution is 0.236. The minimum Gasteiger partial charge on any atom is -0.334 e. The molecular weight excluding hydrogens is 260 g/mol. The summed E-state index contributed by atoms with van der Waals surface area (Å²) in [5, 5.41) is 6.02. The quantitative estimate of drug-likeness (QED) is 0.888. The summed E-state index contributed by atoms with van der Waals surface area (Å²) in [6, 6.07) is 16.5. The topological polar surface area (TPSA) is 41.1 Å². The zero-order valence-corrected chi connectivity index (χ0v) is 12.2. The fourth-order valence-corrected chi connectivity index (χ4v) is 2.90. The number of benzene rings is 2. The number of aryl methyl sites for hydroxylation is 2. The standard InChI is InChI=1S/C18H20N2O/c1-13-6-2-3-8-15(13)12-19-18(21)20-17-11-10-14-7-4-5-9-16(14)17/h2-9,17H,10-12H2,1H3,(H2,19,20,21). The minimum absolute atomic E-state index is 0.0973. The maximum atomic E-state index is 12.1. The van der Waals surface area contributed by atoms with Crippen molar-refractivity contribution < 1.29 is 4.79 Å². The zero-order valence-electron chi connectivity index (χ0n) is 12.2. The second-order valence-corrected chi connectivity index (χ2v) is 5.54. The van der Waals surface area contributed by atoms with Crippen molar-refractivity contribution >= 4 is 6.03 Å². The largest absolute Gasteiger partial charge is 0.334 e. The molecule has 2 aromatic rings. The number of fused-ring (bicyclic) bond motifs is 1. The molecule has 0 heterocycles. The Hall–Kier alpha value is -2.29. The van der Waals surface area contributed by atoms with Crippen LogP contribution in [0.4, 0.5) is 4.79 Å². The average molecular weight is 280 g/mol. The summed E-state index contributed by atoms with van der Waals surface area (Å²) < 4.78 is 0. The van der Waals surface area contributed by atoms with Crippen LogP contribution in [-0.2, 0) is 13.0 Å². The molecule has 2 amide bonds. The third kappa shape index (κ3) is 3.07. The van der Waals surface area contributed by atoms with E-state index in [-0.39, 0.29) is 12.1 Å². The molecule has 0 aliphatic heterocycles. The Morgan fingerprint density at radius 1 is 1.14 bits per heavy atom. The van der Waals surface area contributed by atoms with E-state index in [1.54, 1.807) is 0 Å². The van der Waals surface area contributed by atoms with Gasteiger partial charge in [-0.3, -0.25) is 0 Å². The molecule has 3 heteroatoms. The van der Waals surface area contributed by atoms with Crippen LogP contribution in [-0.4, -0.2) is 6.03 Å². The maximum absolute atomic E-state index is 12.1. The molecule has 3 nitrogen and oxygen atoms in total. The first kappa shape index (κ1) is 13.7. The Labute approximate surface area is 125 Å². The van der Waals surface area contributed by atoms with Gasteiger partial charge in [0.05, 0.1) is 6.04 Å². The van der Waals surface area contributed by atoms with Crippen molar-refractivity contribution in [1.82, 2.24) is 10.6 Å². The lowest BCUT2D eigenvalue weighted by atomic mass is 10.1. The molecule has 0 radical (unpaired) electrons. The highest BCUT2D eigenvalue weighted by molar-refractivity contribution is 5.74. The summed E-state index contributed by atoms with van der Waals surface area (Å²) in [6.07, 6.45) is 2.02. The van der Waals surface area contributed by atoms with Crippen LogP contribution >= 0.6 is 0 Å². The molecule has 2 aromatic carbocycles. The number of carbonyl (C=O) groups excluding carboxylic acids is 1. The zero-order chi connectivity index (χ0) is 14.7. The lowest BCUT2D eigenvalue weighted by Gasteiger charge is -2.15. The Kier molecular flexibility index (Phi) is 3.91. The summed E-state index contributed by atoms with van der Waals surface area (Å²) in [4.78, 5) is 12.1. The number of amides is 2. The monoisotopic (exact) mass is 280 g/mol. The number of hydrogen-bond acceptors (Lipinski definition) is 1. The van der Waals surface area contributed by atoms with E-state index in [1.165, 1.54) is 16.7 Å². The second-order valence-electron chi connectivity index (χ2n) is 5.54. The molecule has 108 valence electrons. The Morgan fingerprint density at radius 3 is 2.76 bits per heavy atom. The van der Waals surface area contributed by atoms with Crippen LogP contribution in [0, 0.1) is 6.92 Å². The molecule has 0 aromatic heterocycles. The highest BCUT2D eigenvalue weighted by Gasteiger charge is 2.23. The Morgan fingerprint density at radius 2 is 1.90 bits per heavy atom. The smallest absolute Gasteiger partial charge is 0.315 e. The number of nitrogens with one attached hydrogen (secondary N) is 2. The third-order valence-corrected chi connectivity index (χ3v) is 4.14. The summed E-state index contributed by atoms with van der Waals surface area (Å²) in [5.74, 6) is 0. The molecular formula is C18H20N2O. The van der Waals surface area contributed by atoms with E-state index in [9.17, 15) is 4.79 Å². The van der Waals surface area contributed by atoms with Crippen LogP contribution in [0.2, 0.25) is 0 Å². The predicted octanol–water partition coefficient (Wildman–Crippen LogP) is 3.48. The summed E-state index contributed by atoms with van der Waals surface area (Å²) in [7, 11) is 0. The summed E-state index contributed by atoms with van der Waals surface area (Å²) in [5.41, 5.74) is 4.95. The van der Waals surface area contributed by atoms with Crippen LogP contribution in [0.5, 0.6) is 0 Å². The fourth-order valence-electron chi connectivity index (χ4n) is 2.90. The fraction of sp³-hybridized carbons (Fsp3) is 0.278. The molecule has 0 fully saturated rings. The van der Waals surface area contributed by atoms with E-state index in [1.807, 2.05) is 24.3 Å². The summed E-state index contributed by atoms with van der Waals surface area (Å²) >= 11 is 0. The highest BCUT2D eigenvalue weighted by Crippen LogP contribution is 2.30. The van der Waals surface area contributed by atoms with Gasteiger partial charge in [0.2, 0.25) is 0 Å². The third-order valence-electron chi connectivity index (χ3n) is 4.14. The molecule has 0 saturated carbocycles. The molecule has 1 aliphatic rings. The van der Waals surface area contributed by atoms with Crippen molar-refractivity contribution in [1.29, 1.82) is 0 Å². The molecule has 2 N–H and O–H groups in total. The second kappa shape index (κ2) is 6.00. The minimum atomic E-state index is -0.0973. The Bertz CT molecular complexity index is 651. The van der Waals surface area contributed by atoms with Crippen molar-refractivity contribution in [2.45, 2.75) is 32.4 Å². The number of urea groups is 1. The number of carbonyl (C=O) groups is 1. The van der Waals surface area contributed by atoms with Crippen molar-refractivity contribution in [2.75, 3.05) is 0 Å². The van der Waals surface area contributed by atoms with E-state index in [2.05, 4.69) is 41.8 Å². The highest BCUT2D eigenvalue weighted by atomic mass is 16.2. The van der Waals surface area contributed by atoms with Gasteiger partial charge < -0.3 is 10.6 Å². The molecule has 0 saturated heterocycles. The van der Waals surface area contributed by atoms with E-state index in [0.717, 1.165) is 18.4 Å². The van der Waals surface area contributed by atoms with Gasteiger partial charge in [0.25, 0.3) is 0 Å². The van der Waals surface area contributed by atoms with Crippen LogP contribution < -0.4 is 10.6 Å². The van der Waals surface area contributed by atoms with E-state index in [4.69, 9.17) is 0 Å². The molecule has 0 spiro atoms. The number of rotatable bonds is 3. The SMILES string of the molecule is Cc1ccccc1CNC(=O)NC1CCc2ccccc21. The molecule has 0 bridgehead atoms. The van der Waals surface area contributed by atoms with Crippen molar-refractivity contribution in [3.8, 4) is 0 Å². The van der Waals surface area contributed by atoms with Gasteiger partial charge in [0, 0.05) is 6.54 Å². The molecule has 1 aliphatic carbocycles. The van der Waals surface area contributed by atoms with E-state index >= 15 is 0 Å².